The summed E-state index contributed by atoms with van der Waals surface area (Å²) in [6.07, 6.45) is 0.776. The van der Waals surface area contributed by atoms with Gasteiger partial charge in [0.15, 0.2) is 0 Å². The number of para-hydroxylation sites is 2. The van der Waals surface area contributed by atoms with Crippen LogP contribution in [0.1, 0.15) is 24.2 Å². The second kappa shape index (κ2) is 7.19. The quantitative estimate of drug-likeness (QED) is 0.728. The second-order valence-corrected chi connectivity index (χ2v) is 6.62. The minimum Gasteiger partial charge on any atom is -0.347 e. The van der Waals surface area contributed by atoms with Gasteiger partial charge in [0.2, 0.25) is 11.8 Å². The fourth-order valence-electron chi connectivity index (χ4n) is 3.41. The molecule has 27 heavy (non-hydrogen) atoms. The molecule has 0 aliphatic carbocycles. The van der Waals surface area contributed by atoms with Crippen LogP contribution in [0.15, 0.2) is 48.5 Å². The average molecular weight is 366 g/mol. The number of benzene rings is 2. The lowest BCUT2D eigenvalue weighted by Crippen LogP contribution is -2.44. The zero-order valence-electron chi connectivity index (χ0n) is 14.6. The number of hydrogen-bond donors (Lipinski definition) is 2. The van der Waals surface area contributed by atoms with E-state index in [4.69, 9.17) is 0 Å². The van der Waals surface area contributed by atoms with E-state index in [1.165, 1.54) is 17.0 Å². The van der Waals surface area contributed by atoms with Gasteiger partial charge in [0, 0.05) is 13.0 Å². The Hall–Kier alpha value is -3.22. The summed E-state index contributed by atoms with van der Waals surface area (Å²) in [5.74, 6) is -0.0172. The van der Waals surface area contributed by atoms with Gasteiger partial charge in [-0.25, -0.2) is 9.37 Å². The van der Waals surface area contributed by atoms with Crippen LogP contribution in [-0.2, 0) is 22.7 Å². The van der Waals surface area contributed by atoms with Crippen molar-refractivity contribution in [3.05, 3.63) is 65.7 Å². The van der Waals surface area contributed by atoms with Crippen molar-refractivity contribution in [2.75, 3.05) is 0 Å². The number of carbonyl (C=O) groups excluding carboxylic acids is 2. The maximum Gasteiger partial charge on any atom is 0.243 e. The fraction of sp³-hybridized carbons (Fsp3) is 0.250. The predicted octanol–water partition coefficient (Wildman–Crippen LogP) is 2.51. The lowest BCUT2D eigenvalue weighted by Gasteiger charge is -2.24. The molecule has 2 heterocycles. The fourth-order valence-corrected chi connectivity index (χ4v) is 3.41. The molecule has 6 nitrogen and oxygen atoms in total. The molecule has 0 bridgehead atoms. The molecule has 1 unspecified atom stereocenters. The van der Waals surface area contributed by atoms with Crippen molar-refractivity contribution in [2.45, 2.75) is 32.0 Å². The lowest BCUT2D eigenvalue weighted by atomic mass is 10.1. The van der Waals surface area contributed by atoms with Crippen LogP contribution in [0, 0.1) is 5.82 Å². The third-order valence-electron chi connectivity index (χ3n) is 4.74. The first-order chi connectivity index (χ1) is 13.1. The number of H-pyrrole nitrogens is 1. The second-order valence-electron chi connectivity index (χ2n) is 6.62. The molecule has 2 aromatic carbocycles. The third-order valence-corrected chi connectivity index (χ3v) is 4.74. The molecule has 3 aromatic rings. The lowest BCUT2D eigenvalue weighted by molar-refractivity contribution is -0.135. The number of aromatic amines is 1. The third kappa shape index (κ3) is 3.67. The SMILES string of the molecule is O=C(NCc1nc2ccccc2[nH]1)C1CCC(=O)N1Cc1cccc(F)c1. The van der Waals surface area contributed by atoms with Crippen LogP contribution < -0.4 is 5.32 Å². The number of nitrogens with one attached hydrogen (secondary N) is 2. The summed E-state index contributed by atoms with van der Waals surface area (Å²) in [6.45, 7) is 0.478. The van der Waals surface area contributed by atoms with Crippen molar-refractivity contribution < 1.29 is 14.0 Å². The number of rotatable bonds is 5. The van der Waals surface area contributed by atoms with Gasteiger partial charge in [0.05, 0.1) is 17.6 Å². The van der Waals surface area contributed by atoms with Gasteiger partial charge in [-0.1, -0.05) is 24.3 Å². The maximum atomic E-state index is 13.4. The molecule has 7 heteroatoms. The van der Waals surface area contributed by atoms with E-state index in [0.717, 1.165) is 11.0 Å². The Morgan fingerprint density at radius 1 is 1.26 bits per heavy atom. The zero-order chi connectivity index (χ0) is 18.8. The van der Waals surface area contributed by atoms with Gasteiger partial charge in [0.1, 0.15) is 17.7 Å². The number of carbonyl (C=O) groups is 2. The van der Waals surface area contributed by atoms with Gasteiger partial charge >= 0.3 is 0 Å². The van der Waals surface area contributed by atoms with Crippen molar-refractivity contribution in [3.8, 4) is 0 Å². The van der Waals surface area contributed by atoms with E-state index in [0.29, 0.717) is 24.2 Å². The molecule has 1 fully saturated rings. The monoisotopic (exact) mass is 366 g/mol. The van der Waals surface area contributed by atoms with Crippen molar-refractivity contribution in [3.63, 3.8) is 0 Å². The van der Waals surface area contributed by atoms with Crippen molar-refractivity contribution in [1.29, 1.82) is 0 Å². The molecule has 0 spiro atoms. The summed E-state index contributed by atoms with van der Waals surface area (Å²) in [7, 11) is 0. The van der Waals surface area contributed by atoms with E-state index in [2.05, 4.69) is 15.3 Å². The molecular weight excluding hydrogens is 347 g/mol. The highest BCUT2D eigenvalue weighted by atomic mass is 19.1. The molecule has 0 saturated carbocycles. The van der Waals surface area contributed by atoms with E-state index in [1.54, 1.807) is 12.1 Å². The Kier molecular flexibility index (Phi) is 4.58. The summed E-state index contributed by atoms with van der Waals surface area (Å²) in [5.41, 5.74) is 2.41. The molecule has 1 atom stereocenters. The first-order valence-corrected chi connectivity index (χ1v) is 8.85. The smallest absolute Gasteiger partial charge is 0.243 e. The zero-order valence-corrected chi connectivity index (χ0v) is 14.6. The number of amides is 2. The van der Waals surface area contributed by atoms with Crippen molar-refractivity contribution in [1.82, 2.24) is 20.2 Å². The molecule has 1 aliphatic heterocycles. The summed E-state index contributed by atoms with van der Waals surface area (Å²) in [6, 6.07) is 13.2. The molecule has 2 N–H and O–H groups in total. The van der Waals surface area contributed by atoms with Gasteiger partial charge < -0.3 is 15.2 Å². The van der Waals surface area contributed by atoms with E-state index >= 15 is 0 Å². The van der Waals surface area contributed by atoms with Gasteiger partial charge in [0.25, 0.3) is 0 Å². The first-order valence-electron chi connectivity index (χ1n) is 8.85. The normalized spacial score (nSPS) is 16.9. The molecule has 4 rings (SSSR count). The Balaban J connectivity index is 1.42. The van der Waals surface area contributed by atoms with Crippen LogP contribution in [-0.4, -0.2) is 32.7 Å². The highest BCUT2D eigenvalue weighted by molar-refractivity contribution is 5.90. The topological polar surface area (TPSA) is 78.1 Å². The molecule has 0 radical (unpaired) electrons. The Bertz CT molecular complexity index is 967. The summed E-state index contributed by atoms with van der Waals surface area (Å²) >= 11 is 0. The van der Waals surface area contributed by atoms with Gasteiger partial charge in [-0.15, -0.1) is 0 Å². The van der Waals surface area contributed by atoms with Gasteiger partial charge in [-0.3, -0.25) is 9.59 Å². The van der Waals surface area contributed by atoms with Crippen LogP contribution in [0.2, 0.25) is 0 Å². The van der Waals surface area contributed by atoms with Crippen LogP contribution in [0.3, 0.4) is 0 Å². The summed E-state index contributed by atoms with van der Waals surface area (Å²) in [5, 5.41) is 2.85. The van der Waals surface area contributed by atoms with Gasteiger partial charge in [-0.2, -0.15) is 0 Å². The molecular formula is C20H19FN4O2. The number of imidazole rings is 1. The largest absolute Gasteiger partial charge is 0.347 e. The maximum absolute atomic E-state index is 13.4. The molecule has 1 aliphatic rings. The Morgan fingerprint density at radius 2 is 2.11 bits per heavy atom. The van der Waals surface area contributed by atoms with Crippen molar-refractivity contribution >= 4 is 22.8 Å². The summed E-state index contributed by atoms with van der Waals surface area (Å²) in [4.78, 5) is 33.9. The van der Waals surface area contributed by atoms with E-state index < -0.39 is 6.04 Å². The standard InChI is InChI=1S/C20H19FN4O2/c21-14-5-3-4-13(10-14)12-25-17(8-9-19(25)26)20(27)22-11-18-23-15-6-1-2-7-16(15)24-18/h1-7,10,17H,8-9,11-12H2,(H,22,27)(H,23,24). The highest BCUT2D eigenvalue weighted by Crippen LogP contribution is 2.22. The van der Waals surface area contributed by atoms with Crippen LogP contribution in [0.5, 0.6) is 0 Å². The first kappa shape index (κ1) is 17.2. The number of fused-ring (bicyclic) bond motifs is 1. The molecule has 1 aromatic heterocycles. The minimum absolute atomic E-state index is 0.0943. The molecule has 2 amide bonds. The van der Waals surface area contributed by atoms with E-state index in [1.807, 2.05) is 24.3 Å². The number of likely N-dealkylation sites (tertiary alicyclic amines) is 1. The van der Waals surface area contributed by atoms with Crippen LogP contribution in [0.4, 0.5) is 4.39 Å². The Morgan fingerprint density at radius 3 is 2.93 bits per heavy atom. The number of hydrogen-bond acceptors (Lipinski definition) is 3. The average Bonchev–Trinajstić information content (AvgIpc) is 3.23. The van der Waals surface area contributed by atoms with Gasteiger partial charge in [-0.05, 0) is 36.2 Å². The van der Waals surface area contributed by atoms with Crippen LogP contribution in [0.25, 0.3) is 11.0 Å². The minimum atomic E-state index is -0.551. The number of halogens is 1. The number of aromatic nitrogens is 2. The number of nitrogens with zero attached hydrogens (tertiary/aromatic N) is 2. The molecule has 1 saturated heterocycles. The Labute approximate surface area is 155 Å². The van der Waals surface area contributed by atoms with Crippen molar-refractivity contribution in [2.24, 2.45) is 0 Å². The van der Waals surface area contributed by atoms with E-state index in [-0.39, 0.29) is 30.7 Å². The van der Waals surface area contributed by atoms with Crippen LogP contribution >= 0.6 is 0 Å². The predicted molar refractivity (Wildman–Crippen MR) is 97.9 cm³/mol. The van der Waals surface area contributed by atoms with E-state index in [9.17, 15) is 14.0 Å². The highest BCUT2D eigenvalue weighted by Gasteiger charge is 2.35. The summed E-state index contributed by atoms with van der Waals surface area (Å²) < 4.78 is 13.4. The molecule has 138 valence electrons.